The van der Waals surface area contributed by atoms with Crippen LogP contribution >= 0.6 is 0 Å². The van der Waals surface area contributed by atoms with E-state index in [1.54, 1.807) is 6.92 Å². The van der Waals surface area contributed by atoms with Crippen molar-refractivity contribution in [3.63, 3.8) is 0 Å². The molecule has 2 radical (unpaired) electrons. The molecule has 0 unspecified atom stereocenters. The Hall–Kier alpha value is -1.32. The molecule has 0 aliphatic carbocycles. The normalized spacial score (nSPS) is 1.74. The molecule has 0 bridgehead atoms. The van der Waals surface area contributed by atoms with Gasteiger partial charge in [0.15, 0.2) is 6.29 Å². The van der Waals surface area contributed by atoms with Crippen LogP contribution in [0.5, 0.6) is 0 Å². The number of carbonyl (C=O) groups is 1. The largest absolute Gasteiger partial charge is 0 e. The third-order valence-corrected chi connectivity index (χ3v) is 0.203. The van der Waals surface area contributed by atoms with Gasteiger partial charge in [-0.2, -0.15) is 0 Å². The maximum absolute atomic E-state index is 9.23. The fourth-order valence-corrected chi connectivity index (χ4v) is 0.0589. The molecule has 0 N–H and O–H groups in total. The van der Waals surface area contributed by atoms with Crippen LogP contribution in [-0.2, 0) is 66.3 Å². The smallest absolute Gasteiger partial charge is 0 e. The van der Waals surface area contributed by atoms with Gasteiger partial charge < -0.3 is 0 Å². The maximum Gasteiger partial charge on any atom is 0 e. The Kier molecular flexibility index (Phi) is 4980. The molecule has 104 valence electrons. The minimum absolute atomic E-state index is 0. The molecule has 9 heteroatoms. The first-order valence-electron chi connectivity index (χ1n) is 2.50. The van der Waals surface area contributed by atoms with Gasteiger partial charge in [0.25, 0.3) is 0 Å². The van der Waals surface area contributed by atoms with Crippen molar-refractivity contribution in [3.05, 3.63) is 39.9 Å². The van der Waals surface area contributed by atoms with Crippen LogP contribution in [0.2, 0.25) is 0 Å². The summed E-state index contributed by atoms with van der Waals surface area (Å²) in [5, 5.41) is 0. The minimum Gasteiger partial charge on any atom is 0 e. The van der Waals surface area contributed by atoms with E-state index < -0.39 is 0 Å². The molecule has 0 rings (SSSR count). The number of hydrogen-bond donors (Lipinski definition) is 0. The van der Waals surface area contributed by atoms with Crippen LogP contribution in [0.3, 0.4) is 0 Å². The van der Waals surface area contributed by atoms with E-state index in [1.807, 2.05) is 0 Å². The van der Waals surface area contributed by atoms with Crippen LogP contribution in [0.1, 0.15) is 6.92 Å². The van der Waals surface area contributed by atoms with Crippen molar-refractivity contribution in [1.82, 2.24) is 0 Å². The summed E-state index contributed by atoms with van der Waals surface area (Å²) in [6.07, 6.45) is 0.569. The standard InChI is InChI=1S/C4H4O.6CO.2Co/c1-2-3-4-5;6*1-2;;/h4H,1H3;;;;;;;;. The molecule has 0 aliphatic heterocycles. The first-order valence-corrected chi connectivity index (χ1v) is 2.50. The minimum atomic E-state index is 0. The van der Waals surface area contributed by atoms with Gasteiger partial charge in [-0.1, -0.05) is 5.92 Å². The third kappa shape index (κ3) is 7710. The van der Waals surface area contributed by atoms with Crippen molar-refractivity contribution < 1.29 is 66.3 Å². The Labute approximate surface area is 131 Å². The summed E-state index contributed by atoms with van der Waals surface area (Å²) in [7, 11) is 0. The molecule has 0 heterocycles. The van der Waals surface area contributed by atoms with Gasteiger partial charge in [-0.3, -0.25) is 4.79 Å². The summed E-state index contributed by atoms with van der Waals surface area (Å²) in [6.45, 7) is 28.6. The van der Waals surface area contributed by atoms with E-state index in [1.165, 1.54) is 0 Å². The molecule has 0 fully saturated rings. The molecule has 7 nitrogen and oxygen atoms in total. The molecule has 0 aromatic carbocycles. The Bertz CT molecular complexity index is 229. The van der Waals surface area contributed by atoms with E-state index >= 15 is 0 Å². The fourth-order valence-electron chi connectivity index (χ4n) is 0.0589. The first kappa shape index (κ1) is 65.3. The predicted octanol–water partition coefficient (Wildman–Crippen LogP) is -0.0215. The molecular formula is C10H4Co2O7. The summed E-state index contributed by atoms with van der Waals surface area (Å²) in [5.41, 5.74) is 0. The first-order chi connectivity index (χ1) is 8.41. The van der Waals surface area contributed by atoms with Gasteiger partial charge in [-0.25, -0.2) is 0 Å². The van der Waals surface area contributed by atoms with Gasteiger partial charge in [0.1, 0.15) is 0 Å². The summed E-state index contributed by atoms with van der Waals surface area (Å²) in [5.74, 6) is 4.58. The molecule has 19 heavy (non-hydrogen) atoms. The Morgan fingerprint density at radius 1 is 0.684 bits per heavy atom. The van der Waals surface area contributed by atoms with Gasteiger partial charge in [0.05, 0.1) is 0 Å². The molecular weight excluding hydrogens is 350 g/mol. The number of rotatable bonds is 0. The average molecular weight is 354 g/mol. The second kappa shape index (κ2) is 1450. The number of carbonyl (C=O) groups excluding carboxylic acids is 1. The Morgan fingerprint density at radius 3 is 0.842 bits per heavy atom. The van der Waals surface area contributed by atoms with Crippen LogP contribution in [0.15, 0.2) is 0 Å². The van der Waals surface area contributed by atoms with Gasteiger partial charge in [-0.05, 0) is 12.8 Å². The number of hydrogen-bond acceptors (Lipinski definition) is 1. The topological polar surface area (TPSA) is 136 Å². The van der Waals surface area contributed by atoms with E-state index in [9.17, 15) is 4.79 Å². The number of aldehydes is 1. The Morgan fingerprint density at radius 2 is 0.842 bits per heavy atom. The van der Waals surface area contributed by atoms with Gasteiger partial charge in [-0.15, -0.1) is 0 Å². The third-order valence-electron chi connectivity index (χ3n) is 0.203. The molecule has 0 spiro atoms. The Balaban J connectivity index is -0.00000000912. The van der Waals surface area contributed by atoms with Crippen molar-refractivity contribution in [2.45, 2.75) is 6.92 Å². The molecule has 0 saturated heterocycles. The summed E-state index contributed by atoms with van der Waals surface area (Å²) < 4.78 is 45.0. The second-order valence-corrected chi connectivity index (χ2v) is 0.512. The zero-order valence-electron chi connectivity index (χ0n) is 9.10. The summed E-state index contributed by atoms with van der Waals surface area (Å²) in [4.78, 5) is 9.23. The monoisotopic (exact) mass is 354 g/mol. The van der Waals surface area contributed by atoms with E-state index in [-0.39, 0.29) is 33.6 Å². The van der Waals surface area contributed by atoms with Crippen LogP contribution in [0.4, 0.5) is 0 Å². The van der Waals surface area contributed by atoms with Gasteiger partial charge in [0.2, 0.25) is 0 Å². The molecule has 0 amide bonds. The average Bonchev–Trinajstić information content (AvgIpc) is 2.52. The predicted molar refractivity (Wildman–Crippen MR) is 43.1 cm³/mol. The zero-order valence-corrected chi connectivity index (χ0v) is 11.2. The summed E-state index contributed by atoms with van der Waals surface area (Å²) in [6, 6.07) is 0. The van der Waals surface area contributed by atoms with Crippen LogP contribution in [0, 0.1) is 51.7 Å². The van der Waals surface area contributed by atoms with Crippen LogP contribution < -0.4 is 0 Å². The molecule has 0 aliphatic rings. The van der Waals surface area contributed by atoms with E-state index in [0.29, 0.717) is 6.29 Å². The van der Waals surface area contributed by atoms with Crippen molar-refractivity contribution in [1.29, 1.82) is 0 Å². The van der Waals surface area contributed by atoms with Crippen molar-refractivity contribution in [3.8, 4) is 11.8 Å². The summed E-state index contributed by atoms with van der Waals surface area (Å²) >= 11 is 0. The molecule has 0 saturated carbocycles. The van der Waals surface area contributed by atoms with Crippen molar-refractivity contribution in [2.75, 3.05) is 0 Å². The second-order valence-electron chi connectivity index (χ2n) is 0.512. The molecule has 0 aromatic rings. The van der Waals surface area contributed by atoms with Gasteiger partial charge in [0, 0.05) is 33.6 Å². The maximum atomic E-state index is 9.23. The van der Waals surface area contributed by atoms with Crippen molar-refractivity contribution in [2.24, 2.45) is 0 Å². The fraction of sp³-hybridized carbons (Fsp3) is 0.100. The van der Waals surface area contributed by atoms with Crippen molar-refractivity contribution >= 4 is 6.29 Å². The molecule has 0 atom stereocenters. The van der Waals surface area contributed by atoms with Crippen LogP contribution in [-0.4, -0.2) is 6.29 Å². The molecule has 0 aromatic heterocycles. The SMILES string of the molecule is CC#CC=O.[C-]#[O+].[C-]#[O+].[C-]#[O+].[C-]#[O+].[C-]#[O+].[C-]#[O+].[Co].[Co]. The van der Waals surface area contributed by atoms with E-state index in [0.717, 1.165) is 0 Å². The van der Waals surface area contributed by atoms with Gasteiger partial charge >= 0.3 is 67.8 Å². The van der Waals surface area contributed by atoms with E-state index in [4.69, 9.17) is 27.9 Å². The van der Waals surface area contributed by atoms with E-state index in [2.05, 4.69) is 51.7 Å². The quantitative estimate of drug-likeness (QED) is 0.257. The zero-order chi connectivity index (χ0) is 16.1. The van der Waals surface area contributed by atoms with Crippen LogP contribution in [0.25, 0.3) is 0 Å².